The molecule has 0 atom stereocenters. The molecule has 1 spiro atoms. The van der Waals surface area contributed by atoms with Crippen molar-refractivity contribution in [2.75, 3.05) is 16.8 Å². The molecule has 0 unspecified atom stereocenters. The van der Waals surface area contributed by atoms with E-state index in [-0.39, 0.29) is 5.91 Å². The van der Waals surface area contributed by atoms with Crippen LogP contribution >= 0.6 is 0 Å². The van der Waals surface area contributed by atoms with E-state index in [2.05, 4.69) is 24.2 Å². The van der Waals surface area contributed by atoms with E-state index in [1.165, 1.54) is 17.6 Å². The third-order valence-electron chi connectivity index (χ3n) is 7.47. The van der Waals surface area contributed by atoms with E-state index in [1.54, 1.807) is 30.5 Å². The number of aliphatic imine (C=N–C) groups is 1. The Bertz CT molecular complexity index is 1850. The van der Waals surface area contributed by atoms with Crippen LogP contribution in [-0.2, 0) is 5.54 Å². The van der Waals surface area contributed by atoms with Crippen molar-refractivity contribution < 1.29 is 9.53 Å². The Hall–Kier alpha value is -5.89. The summed E-state index contributed by atoms with van der Waals surface area (Å²) in [6.07, 6.45) is 4.36. The van der Waals surface area contributed by atoms with Gasteiger partial charge in [-0.25, -0.2) is 5.01 Å². The van der Waals surface area contributed by atoms with Crippen LogP contribution in [0, 0.1) is 0 Å². The van der Waals surface area contributed by atoms with Crippen molar-refractivity contribution in [3.8, 4) is 11.5 Å². The van der Waals surface area contributed by atoms with Crippen LogP contribution < -0.4 is 21.5 Å². The number of amides is 1. The molecule has 0 radical (unpaired) electrons. The number of carbonyl (C=O) groups is 1. The summed E-state index contributed by atoms with van der Waals surface area (Å²) >= 11 is 0. The van der Waals surface area contributed by atoms with Gasteiger partial charge in [0.25, 0.3) is 5.91 Å². The van der Waals surface area contributed by atoms with E-state index < -0.39 is 5.54 Å². The normalized spacial score (nSPS) is 14.0. The number of anilines is 4. The Labute approximate surface area is 262 Å². The zero-order chi connectivity index (χ0) is 31.4. The van der Waals surface area contributed by atoms with Crippen molar-refractivity contribution in [2.24, 2.45) is 10.1 Å². The second-order valence-corrected chi connectivity index (χ2v) is 10.8. The molecule has 0 saturated heterocycles. The molecule has 0 fully saturated rings. The molecule has 7 rings (SSSR count). The van der Waals surface area contributed by atoms with Crippen LogP contribution in [0.25, 0.3) is 0 Å². The molecule has 8 heteroatoms. The first-order chi connectivity index (χ1) is 21.9. The average molecular weight is 595 g/mol. The minimum absolute atomic E-state index is 0.237. The van der Waals surface area contributed by atoms with E-state index in [0.29, 0.717) is 28.4 Å². The molecule has 1 amide bonds. The van der Waals surface area contributed by atoms with Gasteiger partial charge in [0, 0.05) is 63.4 Å². The molecular weight excluding hydrogens is 560 g/mol. The van der Waals surface area contributed by atoms with Crippen LogP contribution in [0.2, 0.25) is 0 Å². The minimum atomic E-state index is -1.09. The number of nitrogens with one attached hydrogen (secondary N) is 1. The summed E-state index contributed by atoms with van der Waals surface area (Å²) in [4.78, 5) is 18.5. The second-order valence-electron chi connectivity index (χ2n) is 10.8. The number of hydrogen-bond donors (Lipinski definition) is 3. The lowest BCUT2D eigenvalue weighted by atomic mass is 9.75. The van der Waals surface area contributed by atoms with Crippen LogP contribution in [-0.4, -0.2) is 23.3 Å². The van der Waals surface area contributed by atoms with Crippen molar-refractivity contribution in [1.82, 2.24) is 5.01 Å². The average Bonchev–Trinajstić information content (AvgIpc) is 3.28. The zero-order valence-corrected chi connectivity index (χ0v) is 25.1. The van der Waals surface area contributed by atoms with E-state index in [1.807, 2.05) is 91.0 Å². The quantitative estimate of drug-likeness (QED) is 0.140. The van der Waals surface area contributed by atoms with E-state index in [9.17, 15) is 4.79 Å². The Balaban J connectivity index is 0.00000115. The Morgan fingerprint density at radius 3 is 1.96 bits per heavy atom. The van der Waals surface area contributed by atoms with Crippen LogP contribution in [0.1, 0.15) is 47.3 Å². The maximum atomic E-state index is 13.9. The molecule has 45 heavy (non-hydrogen) atoms. The highest BCUT2D eigenvalue weighted by atomic mass is 16.5. The van der Waals surface area contributed by atoms with Gasteiger partial charge in [-0.3, -0.25) is 9.79 Å². The van der Waals surface area contributed by atoms with Crippen LogP contribution in [0.3, 0.4) is 0 Å². The van der Waals surface area contributed by atoms with Gasteiger partial charge < -0.3 is 21.5 Å². The first-order valence-electron chi connectivity index (χ1n) is 14.9. The fraction of sp³-hybridized carbons (Fsp3) is 0.108. The van der Waals surface area contributed by atoms with Gasteiger partial charge in [-0.1, -0.05) is 68.8 Å². The summed E-state index contributed by atoms with van der Waals surface area (Å²) in [5, 5.41) is 9.57. The molecule has 8 nitrogen and oxygen atoms in total. The highest BCUT2D eigenvalue weighted by Gasteiger charge is 2.57. The van der Waals surface area contributed by atoms with Gasteiger partial charge in [0.1, 0.15) is 17.0 Å². The van der Waals surface area contributed by atoms with Crippen molar-refractivity contribution in [1.29, 1.82) is 0 Å². The maximum Gasteiger partial charge on any atom is 0.275 e. The molecule has 2 aliphatic rings. The summed E-state index contributed by atoms with van der Waals surface area (Å²) in [6.45, 7) is 4.25. The number of para-hydroxylation sites is 1. The Morgan fingerprint density at radius 2 is 1.31 bits per heavy atom. The smallest absolute Gasteiger partial charge is 0.275 e. The van der Waals surface area contributed by atoms with Gasteiger partial charge in [-0.2, -0.15) is 5.10 Å². The predicted octanol–water partition coefficient (Wildman–Crippen LogP) is 8.25. The summed E-state index contributed by atoms with van der Waals surface area (Å²) < 4.78 is 6.27. The number of nitrogen functional groups attached to an aromatic ring is 2. The molecule has 5 aromatic rings. The van der Waals surface area contributed by atoms with E-state index in [4.69, 9.17) is 21.3 Å². The molecule has 224 valence electrons. The maximum absolute atomic E-state index is 13.9. The highest BCUT2D eigenvalue weighted by Crippen LogP contribution is 2.57. The number of nitrogens with zero attached hydrogens (tertiary/aromatic N) is 3. The van der Waals surface area contributed by atoms with Gasteiger partial charge in [0.2, 0.25) is 0 Å². The summed E-state index contributed by atoms with van der Waals surface area (Å²) in [7, 11) is 0. The molecular formula is C37H34N6O2. The monoisotopic (exact) mass is 594 g/mol. The number of ether oxygens (including phenoxy) is 1. The van der Waals surface area contributed by atoms with Gasteiger partial charge >= 0.3 is 0 Å². The Kier molecular flexibility index (Phi) is 8.03. The van der Waals surface area contributed by atoms with Gasteiger partial charge in [0.15, 0.2) is 0 Å². The van der Waals surface area contributed by atoms with Crippen molar-refractivity contribution >= 4 is 46.8 Å². The second kappa shape index (κ2) is 12.4. The van der Waals surface area contributed by atoms with Gasteiger partial charge in [-0.15, -0.1) is 0 Å². The fourth-order valence-corrected chi connectivity index (χ4v) is 5.67. The number of nitrogens with two attached hydrogens (primary N) is 2. The van der Waals surface area contributed by atoms with Crippen molar-refractivity contribution in [3.63, 3.8) is 0 Å². The molecule has 0 aromatic heterocycles. The predicted molar refractivity (Wildman–Crippen MR) is 183 cm³/mol. The van der Waals surface area contributed by atoms with Crippen molar-refractivity contribution in [2.45, 2.75) is 25.8 Å². The van der Waals surface area contributed by atoms with E-state index >= 15 is 0 Å². The van der Waals surface area contributed by atoms with E-state index in [0.717, 1.165) is 33.8 Å². The minimum Gasteiger partial charge on any atom is -0.456 e. The number of rotatable bonds is 5. The van der Waals surface area contributed by atoms with Gasteiger partial charge in [-0.05, 0) is 54.6 Å². The topological polar surface area (TPSA) is 118 Å². The molecule has 2 aliphatic heterocycles. The highest BCUT2D eigenvalue weighted by molar-refractivity contribution is 6.17. The lowest BCUT2D eigenvalue weighted by molar-refractivity contribution is 0.0676. The summed E-state index contributed by atoms with van der Waals surface area (Å²) in [5.41, 5.74) is 17.8. The SMILES string of the molecule is CCC.Nc1ccc2c(c1)Oc1cc(N)ccc1C21c2ccccc2C(=O)N1/N=C/C=Nc1ccc(Nc2ccccc2)cc1. The summed E-state index contributed by atoms with van der Waals surface area (Å²) in [5.74, 6) is 0.838. The molecule has 2 heterocycles. The number of hydrazone groups is 1. The van der Waals surface area contributed by atoms with Crippen LogP contribution in [0.4, 0.5) is 28.4 Å². The lowest BCUT2D eigenvalue weighted by Gasteiger charge is -2.41. The third kappa shape index (κ3) is 5.38. The number of carbonyl (C=O) groups excluding carboxylic acids is 1. The number of benzene rings is 5. The molecule has 5 N–H and O–H groups in total. The largest absolute Gasteiger partial charge is 0.456 e. The first kappa shape index (κ1) is 29.2. The molecule has 5 aromatic carbocycles. The molecule has 0 bridgehead atoms. The fourth-order valence-electron chi connectivity index (χ4n) is 5.67. The standard InChI is InChI=1S/C34H26N6O2.C3H8/c35-22-10-16-29-31(20-22)42-32-21-23(36)11-17-30(32)34(29)28-9-5-4-8-27(28)33(41)40(34)38-19-18-37-24-12-14-26(15-13-24)39-25-6-2-1-3-7-25;1-3-2/h1-21,39H,35-36H2;3H2,1-2H3/b37-18?,38-19+;. The lowest BCUT2D eigenvalue weighted by Crippen LogP contribution is -2.44. The Morgan fingerprint density at radius 1 is 0.733 bits per heavy atom. The van der Waals surface area contributed by atoms with Gasteiger partial charge in [0.05, 0.1) is 11.9 Å². The third-order valence-corrected chi connectivity index (χ3v) is 7.47. The summed E-state index contributed by atoms with van der Waals surface area (Å²) in [6, 6.07) is 36.1. The first-order valence-corrected chi connectivity index (χ1v) is 14.9. The van der Waals surface area contributed by atoms with Crippen LogP contribution in [0.5, 0.6) is 11.5 Å². The number of fused-ring (bicyclic) bond motifs is 6. The van der Waals surface area contributed by atoms with Crippen LogP contribution in [0.15, 0.2) is 125 Å². The number of hydrogen-bond acceptors (Lipinski definition) is 7. The molecule has 0 saturated carbocycles. The van der Waals surface area contributed by atoms with Crippen molar-refractivity contribution in [3.05, 3.63) is 138 Å². The zero-order valence-electron chi connectivity index (χ0n) is 25.1. The molecule has 0 aliphatic carbocycles.